The van der Waals surface area contributed by atoms with Crippen molar-refractivity contribution in [1.82, 2.24) is 5.16 Å². The predicted octanol–water partition coefficient (Wildman–Crippen LogP) is 3.96. The van der Waals surface area contributed by atoms with Crippen molar-refractivity contribution >= 4 is 17.6 Å². The van der Waals surface area contributed by atoms with Crippen LogP contribution >= 0.6 is 11.6 Å². The van der Waals surface area contributed by atoms with Gasteiger partial charge in [0.1, 0.15) is 11.5 Å². The van der Waals surface area contributed by atoms with E-state index in [-0.39, 0.29) is 16.7 Å². The molecule has 0 radical (unpaired) electrons. The average Bonchev–Trinajstić information content (AvgIpc) is 2.81. The molecule has 0 aliphatic rings. The second-order valence-corrected chi connectivity index (χ2v) is 4.80. The second kappa shape index (κ2) is 5.01. The molecule has 6 heteroatoms. The molecule has 0 bridgehead atoms. The van der Waals surface area contributed by atoms with E-state index >= 15 is 0 Å². The van der Waals surface area contributed by atoms with Gasteiger partial charge in [-0.15, -0.1) is 0 Å². The number of halogens is 2. The monoisotopic (exact) mass is 283 g/mol. The van der Waals surface area contributed by atoms with Crippen molar-refractivity contribution in [3.05, 3.63) is 40.4 Å². The summed E-state index contributed by atoms with van der Waals surface area (Å²) in [6.45, 7) is 3.67. The lowest BCUT2D eigenvalue weighted by Gasteiger charge is -2.10. The summed E-state index contributed by atoms with van der Waals surface area (Å²) >= 11 is 5.83. The number of rotatable bonds is 3. The van der Waals surface area contributed by atoms with Gasteiger partial charge in [0, 0.05) is 11.6 Å². The van der Waals surface area contributed by atoms with E-state index in [2.05, 4.69) is 9.68 Å². The zero-order valence-electron chi connectivity index (χ0n) is 10.3. The third-order valence-electron chi connectivity index (χ3n) is 2.70. The zero-order chi connectivity index (χ0) is 14.2. The van der Waals surface area contributed by atoms with E-state index in [1.807, 2.05) is 13.8 Å². The Morgan fingerprint density at radius 2 is 2.11 bits per heavy atom. The largest absolute Gasteiger partial charge is 0.475 e. The maximum atomic E-state index is 13.8. The Bertz CT molecular complexity index is 637. The molecule has 2 aromatic rings. The lowest BCUT2D eigenvalue weighted by molar-refractivity contribution is 0.0652. The van der Waals surface area contributed by atoms with Crippen LogP contribution in [-0.4, -0.2) is 16.2 Å². The van der Waals surface area contributed by atoms with Gasteiger partial charge in [0.25, 0.3) is 0 Å². The number of aromatic nitrogens is 1. The molecule has 0 fully saturated rings. The Kier molecular flexibility index (Phi) is 3.57. The van der Waals surface area contributed by atoms with E-state index in [9.17, 15) is 9.18 Å². The number of carbonyl (C=O) groups is 1. The van der Waals surface area contributed by atoms with E-state index in [0.29, 0.717) is 16.8 Å². The van der Waals surface area contributed by atoms with Crippen molar-refractivity contribution in [3.63, 3.8) is 0 Å². The molecule has 100 valence electrons. The highest BCUT2D eigenvalue weighted by Crippen LogP contribution is 2.31. The molecule has 0 atom stereocenters. The summed E-state index contributed by atoms with van der Waals surface area (Å²) in [5, 5.41) is 12.4. The van der Waals surface area contributed by atoms with E-state index in [4.69, 9.17) is 16.7 Å². The third-order valence-corrected chi connectivity index (χ3v) is 2.97. The quantitative estimate of drug-likeness (QED) is 0.926. The van der Waals surface area contributed by atoms with Crippen LogP contribution in [0.15, 0.2) is 22.7 Å². The van der Waals surface area contributed by atoms with Gasteiger partial charge in [-0.25, -0.2) is 9.18 Å². The van der Waals surface area contributed by atoms with Crippen molar-refractivity contribution in [2.45, 2.75) is 19.8 Å². The Labute approximate surface area is 113 Å². The lowest BCUT2D eigenvalue weighted by atomic mass is 9.99. The van der Waals surface area contributed by atoms with E-state index in [1.54, 1.807) is 6.07 Å². The maximum absolute atomic E-state index is 13.8. The molecule has 0 unspecified atom stereocenters. The molecule has 4 nitrogen and oxygen atoms in total. The van der Waals surface area contributed by atoms with Crippen molar-refractivity contribution in [1.29, 1.82) is 0 Å². The van der Waals surface area contributed by atoms with Crippen molar-refractivity contribution in [3.8, 4) is 11.3 Å². The minimum Gasteiger partial charge on any atom is -0.475 e. The van der Waals surface area contributed by atoms with Crippen LogP contribution < -0.4 is 0 Å². The van der Waals surface area contributed by atoms with Crippen LogP contribution in [-0.2, 0) is 0 Å². The van der Waals surface area contributed by atoms with E-state index in [0.717, 1.165) is 0 Å². The van der Waals surface area contributed by atoms with Crippen LogP contribution in [0.1, 0.15) is 35.9 Å². The first-order valence-corrected chi connectivity index (χ1v) is 5.97. The number of carboxylic acids is 1. The SMILES string of the molecule is CC(C)c1cc(-c2cc(C(=O)O)on2)cc(Cl)c1F. The van der Waals surface area contributed by atoms with Crippen molar-refractivity contribution in [2.75, 3.05) is 0 Å². The minimum absolute atomic E-state index is 0.0268. The number of nitrogens with zero attached hydrogens (tertiary/aromatic N) is 1. The molecule has 19 heavy (non-hydrogen) atoms. The first-order chi connectivity index (χ1) is 8.90. The predicted molar refractivity (Wildman–Crippen MR) is 68.0 cm³/mol. The summed E-state index contributed by atoms with van der Waals surface area (Å²) in [4.78, 5) is 10.7. The fraction of sp³-hybridized carbons (Fsp3) is 0.231. The lowest BCUT2D eigenvalue weighted by Crippen LogP contribution is -1.95. The maximum Gasteiger partial charge on any atom is 0.374 e. The Hall–Kier alpha value is -1.88. The van der Waals surface area contributed by atoms with Gasteiger partial charge >= 0.3 is 5.97 Å². The van der Waals surface area contributed by atoms with Gasteiger partial charge in [0.15, 0.2) is 0 Å². The van der Waals surface area contributed by atoms with Crippen LogP contribution in [0.3, 0.4) is 0 Å². The average molecular weight is 284 g/mol. The Morgan fingerprint density at radius 3 is 2.63 bits per heavy atom. The molecule has 0 spiro atoms. The molecule has 0 amide bonds. The number of hydrogen-bond acceptors (Lipinski definition) is 3. The molecule has 1 aromatic carbocycles. The molecular weight excluding hydrogens is 273 g/mol. The highest BCUT2D eigenvalue weighted by atomic mass is 35.5. The number of benzene rings is 1. The highest BCUT2D eigenvalue weighted by Gasteiger charge is 2.17. The van der Waals surface area contributed by atoms with Crippen LogP contribution in [0, 0.1) is 5.82 Å². The van der Waals surface area contributed by atoms with E-state index < -0.39 is 11.8 Å². The molecule has 1 N–H and O–H groups in total. The summed E-state index contributed by atoms with van der Waals surface area (Å²) in [5.74, 6) is -2.01. The summed E-state index contributed by atoms with van der Waals surface area (Å²) < 4.78 is 18.5. The first-order valence-electron chi connectivity index (χ1n) is 5.59. The molecule has 0 saturated heterocycles. The second-order valence-electron chi connectivity index (χ2n) is 4.40. The topological polar surface area (TPSA) is 63.3 Å². The smallest absolute Gasteiger partial charge is 0.374 e. The molecule has 0 aliphatic carbocycles. The Balaban J connectivity index is 2.53. The van der Waals surface area contributed by atoms with Crippen LogP contribution in [0.5, 0.6) is 0 Å². The highest BCUT2D eigenvalue weighted by molar-refractivity contribution is 6.31. The number of hydrogen-bond donors (Lipinski definition) is 1. The zero-order valence-corrected chi connectivity index (χ0v) is 11.0. The number of carboxylic acid groups (broad SMARTS) is 1. The van der Waals surface area contributed by atoms with Gasteiger partial charge < -0.3 is 9.63 Å². The van der Waals surface area contributed by atoms with Gasteiger partial charge in [-0.3, -0.25) is 0 Å². The van der Waals surface area contributed by atoms with Gasteiger partial charge in [-0.1, -0.05) is 30.6 Å². The van der Waals surface area contributed by atoms with Crippen molar-refractivity contribution < 1.29 is 18.8 Å². The summed E-state index contributed by atoms with van der Waals surface area (Å²) in [5.41, 5.74) is 1.27. The van der Waals surface area contributed by atoms with Crippen molar-refractivity contribution in [2.24, 2.45) is 0 Å². The molecule has 0 aliphatic heterocycles. The molecule has 1 aromatic heterocycles. The fourth-order valence-electron chi connectivity index (χ4n) is 1.69. The fourth-order valence-corrected chi connectivity index (χ4v) is 1.92. The van der Waals surface area contributed by atoms with Crippen LogP contribution in [0.4, 0.5) is 4.39 Å². The molecule has 1 heterocycles. The summed E-state index contributed by atoms with van der Waals surface area (Å²) in [6, 6.07) is 4.26. The van der Waals surface area contributed by atoms with E-state index in [1.165, 1.54) is 12.1 Å². The third kappa shape index (κ3) is 2.61. The number of aromatic carboxylic acids is 1. The van der Waals surface area contributed by atoms with Gasteiger partial charge in [-0.05, 0) is 23.6 Å². The first kappa shape index (κ1) is 13.5. The minimum atomic E-state index is -1.21. The molecule has 0 saturated carbocycles. The van der Waals surface area contributed by atoms with Gasteiger partial charge in [0.2, 0.25) is 5.76 Å². The molecular formula is C13H11ClFNO3. The standard InChI is InChI=1S/C13H11ClFNO3/c1-6(2)8-3-7(4-9(14)12(8)15)10-5-11(13(17)18)19-16-10/h3-6H,1-2H3,(H,17,18). The Morgan fingerprint density at radius 1 is 1.42 bits per heavy atom. The van der Waals surface area contributed by atoms with Crippen LogP contribution in [0.2, 0.25) is 5.02 Å². The molecule has 2 rings (SSSR count). The normalized spacial score (nSPS) is 11.0. The summed E-state index contributed by atoms with van der Waals surface area (Å²) in [6.07, 6.45) is 0. The van der Waals surface area contributed by atoms with Gasteiger partial charge in [-0.2, -0.15) is 0 Å². The van der Waals surface area contributed by atoms with Gasteiger partial charge in [0.05, 0.1) is 5.02 Å². The summed E-state index contributed by atoms with van der Waals surface area (Å²) in [7, 11) is 0. The van der Waals surface area contributed by atoms with Crippen LogP contribution in [0.25, 0.3) is 11.3 Å².